The zero-order valence-corrected chi connectivity index (χ0v) is 11.5. The molecule has 2 aliphatic heterocycles. The SMILES string of the molecule is O=C1C2C3C=CC(C3)C2C(=O)N1CCN1CCOCC1. The van der Waals surface area contributed by atoms with Crippen molar-refractivity contribution in [2.75, 3.05) is 39.4 Å². The molecule has 5 nitrogen and oxygen atoms in total. The van der Waals surface area contributed by atoms with E-state index >= 15 is 0 Å². The van der Waals surface area contributed by atoms with E-state index in [1.807, 2.05) is 0 Å². The molecule has 4 atom stereocenters. The van der Waals surface area contributed by atoms with E-state index in [-0.39, 0.29) is 23.7 Å². The van der Waals surface area contributed by atoms with Crippen LogP contribution < -0.4 is 0 Å². The van der Waals surface area contributed by atoms with E-state index in [1.165, 1.54) is 4.90 Å². The van der Waals surface area contributed by atoms with Gasteiger partial charge in [0, 0.05) is 26.2 Å². The van der Waals surface area contributed by atoms with Crippen LogP contribution in [-0.2, 0) is 14.3 Å². The summed E-state index contributed by atoms with van der Waals surface area (Å²) in [5.74, 6) is 0.671. The Morgan fingerprint density at radius 3 is 2.20 bits per heavy atom. The van der Waals surface area contributed by atoms with Crippen molar-refractivity contribution in [1.29, 1.82) is 0 Å². The predicted molar refractivity (Wildman–Crippen MR) is 71.7 cm³/mol. The number of carbonyl (C=O) groups is 2. The van der Waals surface area contributed by atoms with Crippen molar-refractivity contribution < 1.29 is 14.3 Å². The molecule has 0 N–H and O–H groups in total. The number of allylic oxidation sites excluding steroid dienone is 2. The molecule has 0 aromatic carbocycles. The summed E-state index contributed by atoms with van der Waals surface area (Å²) in [6, 6.07) is 0. The van der Waals surface area contributed by atoms with Crippen LogP contribution in [0.4, 0.5) is 0 Å². The fraction of sp³-hybridized carbons (Fsp3) is 0.733. The number of ether oxygens (including phenoxy) is 1. The van der Waals surface area contributed by atoms with Crippen LogP contribution in [0.5, 0.6) is 0 Å². The van der Waals surface area contributed by atoms with E-state index in [9.17, 15) is 9.59 Å². The summed E-state index contributed by atoms with van der Waals surface area (Å²) in [5, 5.41) is 0. The molecule has 5 heteroatoms. The van der Waals surface area contributed by atoms with Crippen molar-refractivity contribution in [1.82, 2.24) is 9.80 Å². The van der Waals surface area contributed by atoms with Gasteiger partial charge in [-0.3, -0.25) is 19.4 Å². The Balaban J connectivity index is 1.42. The smallest absolute Gasteiger partial charge is 0.233 e. The third-order valence-electron chi connectivity index (χ3n) is 5.31. The van der Waals surface area contributed by atoms with Crippen molar-refractivity contribution in [3.8, 4) is 0 Å². The van der Waals surface area contributed by atoms with Crippen molar-refractivity contribution in [3.05, 3.63) is 12.2 Å². The fourth-order valence-electron chi connectivity index (χ4n) is 4.25. The Labute approximate surface area is 118 Å². The summed E-state index contributed by atoms with van der Waals surface area (Å²) in [6.45, 7) is 4.63. The lowest BCUT2D eigenvalue weighted by Crippen LogP contribution is -2.43. The molecule has 108 valence electrons. The van der Waals surface area contributed by atoms with Gasteiger partial charge in [-0.1, -0.05) is 12.2 Å². The molecule has 1 saturated carbocycles. The zero-order valence-electron chi connectivity index (χ0n) is 11.5. The number of nitrogens with zero attached hydrogens (tertiary/aromatic N) is 2. The Morgan fingerprint density at radius 1 is 1.00 bits per heavy atom. The van der Waals surface area contributed by atoms with Gasteiger partial charge in [0.1, 0.15) is 0 Å². The first-order valence-electron chi connectivity index (χ1n) is 7.59. The average molecular weight is 276 g/mol. The van der Waals surface area contributed by atoms with Gasteiger partial charge < -0.3 is 4.74 Å². The van der Waals surface area contributed by atoms with Gasteiger partial charge in [-0.05, 0) is 18.3 Å². The molecule has 0 aromatic rings. The van der Waals surface area contributed by atoms with Crippen molar-refractivity contribution >= 4 is 11.8 Å². The van der Waals surface area contributed by atoms with Crippen molar-refractivity contribution in [2.45, 2.75) is 6.42 Å². The van der Waals surface area contributed by atoms with Gasteiger partial charge in [-0.25, -0.2) is 0 Å². The minimum atomic E-state index is -0.0535. The number of carbonyl (C=O) groups excluding carboxylic acids is 2. The van der Waals surface area contributed by atoms with Crippen LogP contribution in [0, 0.1) is 23.7 Å². The van der Waals surface area contributed by atoms with E-state index in [0.717, 1.165) is 39.3 Å². The molecule has 2 bridgehead atoms. The highest BCUT2D eigenvalue weighted by Crippen LogP contribution is 2.52. The first-order valence-corrected chi connectivity index (χ1v) is 7.59. The summed E-state index contributed by atoms with van der Waals surface area (Å²) < 4.78 is 5.31. The molecule has 2 heterocycles. The number of likely N-dealkylation sites (tertiary alicyclic amines) is 1. The number of rotatable bonds is 3. The van der Waals surface area contributed by atoms with Gasteiger partial charge in [0.2, 0.25) is 11.8 Å². The van der Waals surface area contributed by atoms with Crippen LogP contribution in [0.3, 0.4) is 0 Å². The van der Waals surface area contributed by atoms with Crippen LogP contribution in [0.15, 0.2) is 12.2 Å². The second kappa shape index (κ2) is 4.67. The zero-order chi connectivity index (χ0) is 13.7. The van der Waals surface area contributed by atoms with Crippen molar-refractivity contribution in [2.24, 2.45) is 23.7 Å². The number of hydrogen-bond donors (Lipinski definition) is 0. The molecule has 2 amide bonds. The first kappa shape index (κ1) is 12.5. The Kier molecular flexibility index (Phi) is 2.93. The van der Waals surface area contributed by atoms with Gasteiger partial charge >= 0.3 is 0 Å². The third kappa shape index (κ3) is 1.76. The molecular weight excluding hydrogens is 256 g/mol. The lowest BCUT2D eigenvalue weighted by atomic mass is 9.85. The van der Waals surface area contributed by atoms with Crippen LogP contribution in [0.1, 0.15) is 6.42 Å². The van der Waals surface area contributed by atoms with Crippen molar-refractivity contribution in [3.63, 3.8) is 0 Å². The van der Waals surface area contributed by atoms with Gasteiger partial charge in [0.15, 0.2) is 0 Å². The van der Waals surface area contributed by atoms with E-state index < -0.39 is 0 Å². The topological polar surface area (TPSA) is 49.9 Å². The highest BCUT2D eigenvalue weighted by atomic mass is 16.5. The molecule has 4 aliphatic rings. The number of fused-ring (bicyclic) bond motifs is 5. The molecule has 0 spiro atoms. The standard InChI is InChI=1S/C15H20N2O3/c18-14-12-10-1-2-11(9-10)13(12)15(19)17(14)4-3-16-5-7-20-8-6-16/h1-2,10-13H,3-9H2. The fourth-order valence-corrected chi connectivity index (χ4v) is 4.25. The summed E-state index contributed by atoms with van der Waals surface area (Å²) >= 11 is 0. The summed E-state index contributed by atoms with van der Waals surface area (Å²) in [7, 11) is 0. The number of hydrogen-bond acceptors (Lipinski definition) is 4. The van der Waals surface area contributed by atoms with E-state index in [1.54, 1.807) is 0 Å². The molecule has 0 aromatic heterocycles. The molecule has 2 aliphatic carbocycles. The quantitative estimate of drug-likeness (QED) is 0.543. The van der Waals surface area contributed by atoms with Gasteiger partial charge in [-0.15, -0.1) is 0 Å². The van der Waals surface area contributed by atoms with Gasteiger partial charge in [-0.2, -0.15) is 0 Å². The minimum absolute atomic E-state index is 0.0535. The lowest BCUT2D eigenvalue weighted by Gasteiger charge is -2.28. The number of morpholine rings is 1. The molecule has 20 heavy (non-hydrogen) atoms. The van der Waals surface area contributed by atoms with Crippen LogP contribution in [0.25, 0.3) is 0 Å². The average Bonchev–Trinajstić information content (AvgIpc) is 3.13. The highest BCUT2D eigenvalue weighted by molar-refractivity contribution is 6.06. The number of amides is 2. The van der Waals surface area contributed by atoms with E-state index in [4.69, 9.17) is 4.74 Å². The molecular formula is C15H20N2O3. The Hall–Kier alpha value is -1.20. The Morgan fingerprint density at radius 2 is 1.60 bits per heavy atom. The maximum absolute atomic E-state index is 12.5. The lowest BCUT2D eigenvalue weighted by molar-refractivity contribution is -0.141. The maximum atomic E-state index is 12.5. The molecule has 4 rings (SSSR count). The largest absolute Gasteiger partial charge is 0.379 e. The molecule has 4 unspecified atom stereocenters. The Bertz CT molecular complexity index is 440. The van der Waals surface area contributed by atoms with Gasteiger partial charge in [0.05, 0.1) is 25.0 Å². The van der Waals surface area contributed by atoms with Crippen LogP contribution in [0.2, 0.25) is 0 Å². The molecule has 3 fully saturated rings. The maximum Gasteiger partial charge on any atom is 0.233 e. The minimum Gasteiger partial charge on any atom is -0.379 e. The summed E-state index contributed by atoms with van der Waals surface area (Å²) in [6.07, 6.45) is 5.29. The summed E-state index contributed by atoms with van der Waals surface area (Å²) in [5.41, 5.74) is 0. The predicted octanol–water partition coefficient (Wildman–Crippen LogP) is 0.126. The molecule has 0 radical (unpaired) electrons. The van der Waals surface area contributed by atoms with Gasteiger partial charge in [0.25, 0.3) is 0 Å². The third-order valence-corrected chi connectivity index (χ3v) is 5.31. The highest BCUT2D eigenvalue weighted by Gasteiger charge is 2.58. The normalized spacial score (nSPS) is 39.9. The monoisotopic (exact) mass is 276 g/mol. The number of imide groups is 1. The van der Waals surface area contributed by atoms with E-state index in [0.29, 0.717) is 18.4 Å². The summed E-state index contributed by atoms with van der Waals surface area (Å²) in [4.78, 5) is 28.8. The second-order valence-electron chi connectivity index (χ2n) is 6.28. The van der Waals surface area contributed by atoms with E-state index in [2.05, 4.69) is 17.1 Å². The van der Waals surface area contributed by atoms with Crippen LogP contribution >= 0.6 is 0 Å². The van der Waals surface area contributed by atoms with Crippen LogP contribution in [-0.4, -0.2) is 61.0 Å². The first-order chi connectivity index (χ1) is 9.75. The second-order valence-corrected chi connectivity index (χ2v) is 6.28. The molecule has 2 saturated heterocycles.